The van der Waals surface area contributed by atoms with Gasteiger partial charge < -0.3 is 10.2 Å². The maximum atomic E-state index is 5.69. The summed E-state index contributed by atoms with van der Waals surface area (Å²) < 4.78 is 5.69. The number of H-pyrrole nitrogens is 1. The van der Waals surface area contributed by atoms with Crippen molar-refractivity contribution < 1.29 is 4.42 Å². The molecule has 3 N–H and O–H groups in total. The molecule has 0 bridgehead atoms. The molecule has 0 saturated carbocycles. The van der Waals surface area contributed by atoms with E-state index in [1.54, 1.807) is 0 Å². The van der Waals surface area contributed by atoms with Crippen LogP contribution in [-0.4, -0.2) is 10.2 Å². The number of fused-ring (bicyclic) bond motifs is 1. The number of nitrogens with one attached hydrogen (secondary N) is 1. The Morgan fingerprint density at radius 1 is 1.25 bits per heavy atom. The molecular formula is C12H11N3O. The molecule has 0 amide bonds. The van der Waals surface area contributed by atoms with E-state index in [1.165, 1.54) is 0 Å². The van der Waals surface area contributed by atoms with Crippen LogP contribution in [0.2, 0.25) is 0 Å². The highest BCUT2D eigenvalue weighted by atomic mass is 16.3. The first-order valence-electron chi connectivity index (χ1n) is 5.10. The second kappa shape index (κ2) is 3.50. The van der Waals surface area contributed by atoms with Gasteiger partial charge in [0.05, 0.1) is 0 Å². The van der Waals surface area contributed by atoms with Crippen molar-refractivity contribution in [2.45, 2.75) is 6.54 Å². The highest BCUT2D eigenvalue weighted by Crippen LogP contribution is 2.26. The van der Waals surface area contributed by atoms with Crippen molar-refractivity contribution in [1.82, 2.24) is 10.2 Å². The van der Waals surface area contributed by atoms with Crippen molar-refractivity contribution in [3.05, 3.63) is 42.1 Å². The highest BCUT2D eigenvalue weighted by Gasteiger charge is 2.08. The van der Waals surface area contributed by atoms with Crippen LogP contribution in [0.25, 0.3) is 22.4 Å². The molecule has 0 atom stereocenters. The normalized spacial score (nSPS) is 11.1. The van der Waals surface area contributed by atoms with Crippen LogP contribution < -0.4 is 5.73 Å². The van der Waals surface area contributed by atoms with Crippen LogP contribution in [-0.2, 0) is 6.54 Å². The number of furan rings is 1. The molecule has 4 heteroatoms. The smallest absolute Gasteiger partial charge is 0.155 e. The standard InChI is InChI=1S/C12H11N3O/c13-7-9-6-10(15-14-9)12-5-8-3-1-2-4-11(8)16-12/h1-6H,7,13H2,(H,14,15). The molecule has 0 fully saturated rings. The summed E-state index contributed by atoms with van der Waals surface area (Å²) in [6.07, 6.45) is 0. The van der Waals surface area contributed by atoms with Gasteiger partial charge in [-0.3, -0.25) is 5.10 Å². The van der Waals surface area contributed by atoms with Gasteiger partial charge in [0.2, 0.25) is 0 Å². The second-order valence-electron chi connectivity index (χ2n) is 3.63. The molecule has 0 aliphatic heterocycles. The molecule has 3 aromatic rings. The van der Waals surface area contributed by atoms with Gasteiger partial charge in [-0.05, 0) is 18.2 Å². The summed E-state index contributed by atoms with van der Waals surface area (Å²) in [5.74, 6) is 0.761. The molecule has 1 aromatic carbocycles. The minimum absolute atomic E-state index is 0.452. The van der Waals surface area contributed by atoms with E-state index in [1.807, 2.05) is 36.4 Å². The van der Waals surface area contributed by atoms with Crippen LogP contribution in [0.4, 0.5) is 0 Å². The lowest BCUT2D eigenvalue weighted by Crippen LogP contribution is -1.95. The maximum absolute atomic E-state index is 5.69. The summed E-state index contributed by atoms with van der Waals surface area (Å²) in [6.45, 7) is 0.452. The molecule has 0 radical (unpaired) electrons. The first kappa shape index (κ1) is 9.18. The fourth-order valence-corrected chi connectivity index (χ4v) is 1.70. The predicted octanol–water partition coefficient (Wildman–Crippen LogP) is 2.28. The van der Waals surface area contributed by atoms with Crippen LogP contribution in [0.3, 0.4) is 0 Å². The number of benzene rings is 1. The number of hydrogen-bond acceptors (Lipinski definition) is 3. The zero-order valence-electron chi connectivity index (χ0n) is 8.60. The summed E-state index contributed by atoms with van der Waals surface area (Å²) in [7, 11) is 0. The van der Waals surface area contributed by atoms with Crippen LogP contribution in [0.5, 0.6) is 0 Å². The van der Waals surface area contributed by atoms with Gasteiger partial charge in [-0.15, -0.1) is 0 Å². The number of aromatic amines is 1. The molecule has 80 valence electrons. The van der Waals surface area contributed by atoms with Crippen molar-refractivity contribution in [2.24, 2.45) is 5.73 Å². The van der Waals surface area contributed by atoms with E-state index in [-0.39, 0.29) is 0 Å². The Balaban J connectivity index is 2.11. The number of hydrogen-bond donors (Lipinski definition) is 2. The molecule has 3 rings (SSSR count). The largest absolute Gasteiger partial charge is 0.454 e. The van der Waals surface area contributed by atoms with Gasteiger partial charge in [0, 0.05) is 17.6 Å². The maximum Gasteiger partial charge on any atom is 0.155 e. The number of nitrogens with zero attached hydrogens (tertiary/aromatic N) is 1. The fourth-order valence-electron chi connectivity index (χ4n) is 1.70. The van der Waals surface area contributed by atoms with Crippen molar-refractivity contribution in [2.75, 3.05) is 0 Å². The Bertz CT molecular complexity index is 591. The predicted molar refractivity (Wildman–Crippen MR) is 61.7 cm³/mol. The Morgan fingerprint density at radius 2 is 2.12 bits per heavy atom. The Labute approximate surface area is 92.1 Å². The molecule has 2 heterocycles. The van der Waals surface area contributed by atoms with Gasteiger partial charge in [0.15, 0.2) is 5.76 Å². The van der Waals surface area contributed by atoms with Crippen molar-refractivity contribution >= 4 is 11.0 Å². The molecule has 0 unspecified atom stereocenters. The number of para-hydroxylation sites is 1. The van der Waals surface area contributed by atoms with Crippen molar-refractivity contribution in [3.8, 4) is 11.5 Å². The average molecular weight is 213 g/mol. The topological polar surface area (TPSA) is 67.8 Å². The van der Waals surface area contributed by atoms with Gasteiger partial charge in [0.1, 0.15) is 11.3 Å². The van der Waals surface area contributed by atoms with Crippen LogP contribution in [0, 0.1) is 0 Å². The van der Waals surface area contributed by atoms with E-state index in [2.05, 4.69) is 10.2 Å². The second-order valence-corrected chi connectivity index (χ2v) is 3.63. The average Bonchev–Trinajstić information content (AvgIpc) is 2.95. The van der Waals surface area contributed by atoms with Crippen LogP contribution in [0.1, 0.15) is 5.69 Å². The number of nitrogens with two attached hydrogens (primary N) is 1. The van der Waals surface area contributed by atoms with Gasteiger partial charge >= 0.3 is 0 Å². The molecule has 0 aliphatic carbocycles. The van der Waals surface area contributed by atoms with E-state index < -0.39 is 0 Å². The molecular weight excluding hydrogens is 202 g/mol. The Kier molecular flexibility index (Phi) is 2.01. The summed E-state index contributed by atoms with van der Waals surface area (Å²) in [6, 6.07) is 11.8. The molecule has 4 nitrogen and oxygen atoms in total. The minimum Gasteiger partial charge on any atom is -0.454 e. The summed E-state index contributed by atoms with van der Waals surface area (Å²) in [5, 5.41) is 8.10. The molecule has 0 aliphatic rings. The molecule has 16 heavy (non-hydrogen) atoms. The van der Waals surface area contributed by atoms with Gasteiger partial charge in [-0.1, -0.05) is 18.2 Å². The van der Waals surface area contributed by atoms with Gasteiger partial charge in [-0.25, -0.2) is 0 Å². The summed E-state index contributed by atoms with van der Waals surface area (Å²) in [5.41, 5.74) is 8.07. The van der Waals surface area contributed by atoms with Crippen LogP contribution in [0.15, 0.2) is 40.8 Å². The summed E-state index contributed by atoms with van der Waals surface area (Å²) >= 11 is 0. The van der Waals surface area contributed by atoms with E-state index in [0.717, 1.165) is 28.1 Å². The fraction of sp³-hybridized carbons (Fsp3) is 0.0833. The lowest BCUT2D eigenvalue weighted by Gasteiger charge is -1.86. The first-order chi connectivity index (χ1) is 7.86. The molecule has 2 aromatic heterocycles. The number of rotatable bonds is 2. The zero-order valence-corrected chi connectivity index (χ0v) is 8.60. The third-order valence-corrected chi connectivity index (χ3v) is 2.53. The lowest BCUT2D eigenvalue weighted by molar-refractivity contribution is 0.628. The van der Waals surface area contributed by atoms with E-state index in [0.29, 0.717) is 6.54 Å². The van der Waals surface area contributed by atoms with Crippen molar-refractivity contribution in [3.63, 3.8) is 0 Å². The first-order valence-corrected chi connectivity index (χ1v) is 5.10. The highest BCUT2D eigenvalue weighted by molar-refractivity contribution is 5.82. The monoisotopic (exact) mass is 213 g/mol. The van der Waals surface area contributed by atoms with Crippen LogP contribution >= 0.6 is 0 Å². The zero-order chi connectivity index (χ0) is 11.0. The van der Waals surface area contributed by atoms with E-state index in [4.69, 9.17) is 10.2 Å². The lowest BCUT2D eigenvalue weighted by atomic mass is 10.2. The summed E-state index contributed by atoms with van der Waals surface area (Å²) in [4.78, 5) is 0. The molecule has 0 saturated heterocycles. The van der Waals surface area contributed by atoms with Gasteiger partial charge in [0.25, 0.3) is 0 Å². The van der Waals surface area contributed by atoms with E-state index >= 15 is 0 Å². The third-order valence-electron chi connectivity index (χ3n) is 2.53. The van der Waals surface area contributed by atoms with Crippen molar-refractivity contribution in [1.29, 1.82) is 0 Å². The third kappa shape index (κ3) is 1.40. The Morgan fingerprint density at radius 3 is 2.88 bits per heavy atom. The Hall–Kier alpha value is -2.07. The van der Waals surface area contributed by atoms with E-state index in [9.17, 15) is 0 Å². The minimum atomic E-state index is 0.452. The SMILES string of the molecule is NCc1cc(-c2cc3ccccc3o2)n[nH]1. The van der Waals surface area contributed by atoms with Gasteiger partial charge in [-0.2, -0.15) is 5.10 Å². The quantitative estimate of drug-likeness (QED) is 0.686. The number of aromatic nitrogens is 2. The molecule has 0 spiro atoms.